The SMILES string of the molecule is O=C([O-])C(F)(F)F.O=C(c1cc(Sc2ncc[nH]2)c(F)cc1[N+](=O)[O-])N1CC[NH2+]CC1. The number of nitro groups is 1. The maximum Gasteiger partial charge on any atom is 0.430 e. The largest absolute Gasteiger partial charge is 0.542 e. The summed E-state index contributed by atoms with van der Waals surface area (Å²) < 4.78 is 45.7. The van der Waals surface area contributed by atoms with Crippen LogP contribution in [-0.4, -0.2) is 64.0 Å². The van der Waals surface area contributed by atoms with E-state index in [4.69, 9.17) is 9.90 Å². The molecule has 0 unspecified atom stereocenters. The zero-order valence-corrected chi connectivity index (χ0v) is 16.3. The number of rotatable bonds is 4. The molecule has 0 bridgehead atoms. The molecule has 31 heavy (non-hydrogen) atoms. The summed E-state index contributed by atoms with van der Waals surface area (Å²) in [7, 11) is 0. The fraction of sp³-hybridized carbons (Fsp3) is 0.312. The van der Waals surface area contributed by atoms with Crippen LogP contribution >= 0.6 is 11.8 Å². The molecule has 1 saturated heterocycles. The van der Waals surface area contributed by atoms with Crippen molar-refractivity contribution in [1.82, 2.24) is 14.9 Å². The molecule has 0 saturated carbocycles. The first-order chi connectivity index (χ1) is 14.5. The molecule has 1 aliphatic heterocycles. The Kier molecular flexibility index (Phi) is 7.93. The van der Waals surface area contributed by atoms with Crippen molar-refractivity contribution in [3.8, 4) is 0 Å². The fourth-order valence-corrected chi connectivity index (χ4v) is 3.26. The molecule has 10 nitrogen and oxygen atoms in total. The molecule has 2 aromatic rings. The van der Waals surface area contributed by atoms with Crippen molar-refractivity contribution in [2.24, 2.45) is 0 Å². The Bertz CT molecular complexity index is 949. The van der Waals surface area contributed by atoms with Crippen LogP contribution in [0.15, 0.2) is 34.6 Å². The Balaban J connectivity index is 0.000000423. The highest BCUT2D eigenvalue weighted by Gasteiger charge is 2.29. The van der Waals surface area contributed by atoms with Gasteiger partial charge in [-0.3, -0.25) is 14.9 Å². The highest BCUT2D eigenvalue weighted by atomic mass is 32.2. The molecular formula is C16H15F4N5O5S. The number of hydrogen-bond acceptors (Lipinski definition) is 7. The molecule has 3 N–H and O–H groups in total. The number of carbonyl (C=O) groups is 2. The molecule has 0 aliphatic carbocycles. The van der Waals surface area contributed by atoms with Gasteiger partial charge in [0.2, 0.25) is 0 Å². The van der Waals surface area contributed by atoms with Crippen molar-refractivity contribution in [3.05, 3.63) is 46.0 Å². The molecule has 15 heteroatoms. The topological polar surface area (TPSA) is 149 Å². The summed E-state index contributed by atoms with van der Waals surface area (Å²) in [6.45, 7) is 2.51. The van der Waals surface area contributed by atoms with Crippen LogP contribution in [0, 0.1) is 15.9 Å². The number of carboxylic acids is 1. The smallest absolute Gasteiger partial charge is 0.430 e. The molecule has 0 spiro atoms. The first-order valence-corrected chi connectivity index (χ1v) is 9.36. The number of carbonyl (C=O) groups excluding carboxylic acids is 2. The van der Waals surface area contributed by atoms with E-state index >= 15 is 0 Å². The molecule has 0 atom stereocenters. The van der Waals surface area contributed by atoms with Crippen LogP contribution in [-0.2, 0) is 4.79 Å². The van der Waals surface area contributed by atoms with Gasteiger partial charge in [-0.25, -0.2) is 9.37 Å². The van der Waals surface area contributed by atoms with Crippen molar-refractivity contribution in [1.29, 1.82) is 0 Å². The second-order valence-corrected chi connectivity index (χ2v) is 7.03. The number of aromatic nitrogens is 2. The minimum absolute atomic E-state index is 0.0997. The van der Waals surface area contributed by atoms with Gasteiger partial charge in [-0.15, -0.1) is 0 Å². The van der Waals surface area contributed by atoms with E-state index in [9.17, 15) is 32.5 Å². The summed E-state index contributed by atoms with van der Waals surface area (Å²) in [6.07, 6.45) is -2.09. The van der Waals surface area contributed by atoms with Gasteiger partial charge < -0.3 is 25.1 Å². The number of H-pyrrole nitrogens is 1. The van der Waals surface area contributed by atoms with Crippen LogP contribution in [0.1, 0.15) is 10.4 Å². The van der Waals surface area contributed by atoms with Gasteiger partial charge in [0.25, 0.3) is 11.6 Å². The van der Waals surface area contributed by atoms with Crippen molar-refractivity contribution >= 4 is 29.3 Å². The van der Waals surface area contributed by atoms with Crippen molar-refractivity contribution in [3.63, 3.8) is 0 Å². The second kappa shape index (κ2) is 10.2. The summed E-state index contributed by atoms with van der Waals surface area (Å²) >= 11 is 0.978. The Morgan fingerprint density at radius 1 is 1.26 bits per heavy atom. The number of aromatic amines is 1. The number of halogens is 4. The van der Waals surface area contributed by atoms with Gasteiger partial charge in [0, 0.05) is 12.4 Å². The lowest BCUT2D eigenvalue weighted by Gasteiger charge is -2.25. The lowest BCUT2D eigenvalue weighted by Crippen LogP contribution is -2.89. The number of quaternary nitrogens is 1. The molecule has 0 radical (unpaired) electrons. The number of piperazine rings is 1. The number of benzene rings is 1. The summed E-state index contributed by atoms with van der Waals surface area (Å²) in [4.78, 5) is 40.4. The highest BCUT2D eigenvalue weighted by molar-refractivity contribution is 7.99. The van der Waals surface area contributed by atoms with Gasteiger partial charge >= 0.3 is 6.18 Å². The van der Waals surface area contributed by atoms with Crippen molar-refractivity contribution in [2.75, 3.05) is 26.2 Å². The van der Waals surface area contributed by atoms with Gasteiger partial charge in [-0.2, -0.15) is 13.2 Å². The summed E-state index contributed by atoms with van der Waals surface area (Å²) in [5.74, 6) is -4.21. The fourth-order valence-electron chi connectivity index (χ4n) is 2.48. The standard InChI is InChI=1S/C14H14FN5O3S.C2HF3O2/c15-10-8-11(20(22)23)9(13(21)19-5-3-16-4-6-19)7-12(10)24-14-17-1-2-18-14;3-2(4,5)1(6)7/h1-2,7-8,16H,3-6H2,(H,17,18);(H,6,7). The van der Waals surface area contributed by atoms with E-state index in [1.165, 1.54) is 12.3 Å². The molecule has 3 rings (SSSR count). The van der Waals surface area contributed by atoms with Gasteiger partial charge in [-0.05, 0) is 17.8 Å². The number of carboxylic acid groups (broad SMARTS) is 1. The highest BCUT2D eigenvalue weighted by Crippen LogP contribution is 2.33. The number of amides is 1. The molecule has 168 valence electrons. The van der Waals surface area contributed by atoms with Crippen molar-refractivity contribution in [2.45, 2.75) is 16.2 Å². The molecule has 2 heterocycles. The normalized spacial score (nSPS) is 13.9. The first-order valence-electron chi connectivity index (χ1n) is 8.55. The molecule has 1 aromatic carbocycles. The quantitative estimate of drug-likeness (QED) is 0.365. The van der Waals surface area contributed by atoms with Crippen LogP contribution in [0.3, 0.4) is 0 Å². The van der Waals surface area contributed by atoms with E-state index < -0.39 is 34.5 Å². The lowest BCUT2D eigenvalue weighted by atomic mass is 10.1. The third-order valence-corrected chi connectivity index (χ3v) is 4.83. The third kappa shape index (κ3) is 6.65. The number of imidazole rings is 1. The van der Waals surface area contributed by atoms with Crippen LogP contribution in [0.5, 0.6) is 0 Å². The van der Waals surface area contributed by atoms with Crippen LogP contribution < -0.4 is 10.4 Å². The zero-order chi connectivity index (χ0) is 23.2. The predicted octanol–water partition coefficient (Wildman–Crippen LogP) is -0.0740. The first kappa shape index (κ1) is 24.1. The van der Waals surface area contributed by atoms with Crippen LogP contribution in [0.2, 0.25) is 0 Å². The minimum Gasteiger partial charge on any atom is -0.542 e. The maximum absolute atomic E-state index is 14.2. The van der Waals surface area contributed by atoms with E-state index in [0.29, 0.717) is 18.2 Å². The number of nitrogens with two attached hydrogens (primary N) is 1. The molecule has 1 amide bonds. The van der Waals surface area contributed by atoms with Gasteiger partial charge in [0.05, 0.1) is 42.1 Å². The summed E-state index contributed by atoms with van der Waals surface area (Å²) in [5.41, 5.74) is -0.617. The predicted molar refractivity (Wildman–Crippen MR) is 94.4 cm³/mol. The molecule has 1 fully saturated rings. The van der Waals surface area contributed by atoms with E-state index in [-0.39, 0.29) is 10.5 Å². The monoisotopic (exact) mass is 465 g/mol. The number of aliphatic carboxylic acids is 1. The molecular weight excluding hydrogens is 450 g/mol. The number of nitro benzene ring substituents is 1. The number of hydrogen-bond donors (Lipinski definition) is 2. The Morgan fingerprint density at radius 3 is 2.35 bits per heavy atom. The maximum atomic E-state index is 14.2. The summed E-state index contributed by atoms with van der Waals surface area (Å²) in [5, 5.41) is 22.5. The van der Waals surface area contributed by atoms with Gasteiger partial charge in [0.1, 0.15) is 17.3 Å². The number of alkyl halides is 3. The van der Waals surface area contributed by atoms with Crippen molar-refractivity contribution < 1.29 is 42.5 Å². The van der Waals surface area contributed by atoms with Crippen LogP contribution in [0.25, 0.3) is 0 Å². The number of nitrogens with one attached hydrogen (secondary N) is 1. The Morgan fingerprint density at radius 2 is 1.87 bits per heavy atom. The second-order valence-electron chi connectivity index (χ2n) is 6.00. The van der Waals surface area contributed by atoms with Gasteiger partial charge in [0.15, 0.2) is 5.16 Å². The third-order valence-electron chi connectivity index (χ3n) is 3.88. The Labute approximate surface area is 175 Å². The van der Waals surface area contributed by atoms with Crippen LogP contribution in [0.4, 0.5) is 23.2 Å². The average molecular weight is 465 g/mol. The van der Waals surface area contributed by atoms with E-state index in [1.54, 1.807) is 11.1 Å². The number of nitrogens with zero attached hydrogens (tertiary/aromatic N) is 3. The Hall–Kier alpha value is -3.20. The average Bonchev–Trinajstić information content (AvgIpc) is 3.22. The van der Waals surface area contributed by atoms with E-state index in [0.717, 1.165) is 30.9 Å². The van der Waals surface area contributed by atoms with E-state index in [1.807, 2.05) is 0 Å². The minimum atomic E-state index is -5.19. The molecule has 1 aromatic heterocycles. The molecule has 1 aliphatic rings. The zero-order valence-electron chi connectivity index (χ0n) is 15.5. The lowest BCUT2D eigenvalue weighted by molar-refractivity contribution is -0.661. The summed E-state index contributed by atoms with van der Waals surface area (Å²) in [6, 6.07) is 2.04. The van der Waals surface area contributed by atoms with Gasteiger partial charge in [-0.1, -0.05) is 0 Å². The van der Waals surface area contributed by atoms with E-state index in [2.05, 4.69) is 15.3 Å².